The van der Waals surface area contributed by atoms with Gasteiger partial charge in [0, 0.05) is 12.5 Å². The van der Waals surface area contributed by atoms with Crippen LogP contribution in [0.5, 0.6) is 0 Å². The molecule has 1 atom stereocenters. The monoisotopic (exact) mass is 490 g/mol. The Kier molecular flexibility index (Phi) is 7.15. The third-order valence-electron chi connectivity index (χ3n) is 6.49. The number of carbonyl (C=O) groups excluding carboxylic acids is 2. The van der Waals surface area contributed by atoms with E-state index in [4.69, 9.17) is 0 Å². The van der Waals surface area contributed by atoms with Crippen LogP contribution in [-0.4, -0.2) is 56.4 Å². The molecule has 0 spiro atoms. The van der Waals surface area contributed by atoms with Gasteiger partial charge in [-0.2, -0.15) is 0 Å². The van der Waals surface area contributed by atoms with Crippen molar-refractivity contribution in [3.05, 3.63) is 66.0 Å². The maximum absolute atomic E-state index is 13.5. The standard InChI is InChI=1S/C26H30N6O2S/c1-19-15-24(33)27-21-11-5-6-12-22(21)32(19)25(34)18-35-26-29-28-23(17-30-13-7-8-14-30)31(26)16-20-9-3-2-4-10-20/h2-6,9-12,19H,7-8,13-18H2,1H3,(H,27,33). The lowest BCUT2D eigenvalue weighted by Crippen LogP contribution is -2.40. The van der Waals surface area contributed by atoms with E-state index in [0.29, 0.717) is 12.2 Å². The maximum atomic E-state index is 13.5. The lowest BCUT2D eigenvalue weighted by Gasteiger charge is -2.27. The molecule has 182 valence electrons. The maximum Gasteiger partial charge on any atom is 0.237 e. The number of anilines is 2. The normalized spacial score (nSPS) is 18.3. The molecule has 2 aliphatic rings. The van der Waals surface area contributed by atoms with E-state index in [9.17, 15) is 9.59 Å². The fourth-order valence-electron chi connectivity index (χ4n) is 4.77. The van der Waals surface area contributed by atoms with Crippen molar-refractivity contribution in [3.63, 3.8) is 0 Å². The molecule has 1 saturated heterocycles. The number of hydrogen-bond donors (Lipinski definition) is 1. The van der Waals surface area contributed by atoms with Gasteiger partial charge in [0.25, 0.3) is 0 Å². The van der Waals surface area contributed by atoms with E-state index in [1.54, 1.807) is 4.90 Å². The number of benzene rings is 2. The molecule has 1 N–H and O–H groups in total. The number of likely N-dealkylation sites (tertiary alicyclic amines) is 1. The Morgan fingerprint density at radius 3 is 2.57 bits per heavy atom. The highest BCUT2D eigenvalue weighted by atomic mass is 32.2. The van der Waals surface area contributed by atoms with Crippen LogP contribution in [0.25, 0.3) is 0 Å². The van der Waals surface area contributed by atoms with Gasteiger partial charge in [-0.3, -0.25) is 14.5 Å². The van der Waals surface area contributed by atoms with E-state index in [0.717, 1.165) is 36.3 Å². The first-order valence-electron chi connectivity index (χ1n) is 12.1. The highest BCUT2D eigenvalue weighted by Crippen LogP contribution is 2.32. The van der Waals surface area contributed by atoms with Crippen molar-refractivity contribution in [2.75, 3.05) is 29.1 Å². The summed E-state index contributed by atoms with van der Waals surface area (Å²) in [5.74, 6) is 1.00. The third kappa shape index (κ3) is 5.41. The van der Waals surface area contributed by atoms with Crippen molar-refractivity contribution < 1.29 is 9.59 Å². The molecule has 1 aromatic heterocycles. The largest absolute Gasteiger partial charge is 0.324 e. The van der Waals surface area contributed by atoms with E-state index >= 15 is 0 Å². The van der Waals surface area contributed by atoms with E-state index in [1.807, 2.05) is 49.4 Å². The predicted octanol–water partition coefficient (Wildman–Crippen LogP) is 3.78. The Bertz CT molecular complexity index is 1190. The number of nitrogens with zero attached hydrogens (tertiary/aromatic N) is 5. The van der Waals surface area contributed by atoms with Gasteiger partial charge in [0.15, 0.2) is 5.16 Å². The third-order valence-corrected chi connectivity index (χ3v) is 7.44. The summed E-state index contributed by atoms with van der Waals surface area (Å²) in [6.45, 7) is 5.50. The topological polar surface area (TPSA) is 83.4 Å². The highest BCUT2D eigenvalue weighted by Gasteiger charge is 2.30. The Balaban J connectivity index is 1.36. The number of amides is 2. The molecule has 0 aliphatic carbocycles. The van der Waals surface area contributed by atoms with Crippen LogP contribution in [0.1, 0.15) is 37.6 Å². The van der Waals surface area contributed by atoms with Gasteiger partial charge < -0.3 is 14.8 Å². The molecule has 2 aromatic carbocycles. The number of fused-ring (bicyclic) bond motifs is 1. The van der Waals surface area contributed by atoms with Gasteiger partial charge in [-0.25, -0.2) is 0 Å². The zero-order chi connectivity index (χ0) is 24.2. The summed E-state index contributed by atoms with van der Waals surface area (Å²) in [7, 11) is 0. The number of rotatable bonds is 7. The van der Waals surface area contributed by atoms with Crippen molar-refractivity contribution in [1.82, 2.24) is 19.7 Å². The lowest BCUT2D eigenvalue weighted by molar-refractivity contribution is -0.117. The van der Waals surface area contributed by atoms with Crippen LogP contribution in [0.3, 0.4) is 0 Å². The molecule has 1 unspecified atom stereocenters. The zero-order valence-corrected chi connectivity index (χ0v) is 20.7. The molecule has 0 bridgehead atoms. The van der Waals surface area contributed by atoms with Crippen LogP contribution in [0.15, 0.2) is 59.8 Å². The van der Waals surface area contributed by atoms with Crippen molar-refractivity contribution in [2.45, 2.75) is 50.5 Å². The first-order valence-corrected chi connectivity index (χ1v) is 13.1. The van der Waals surface area contributed by atoms with Gasteiger partial charge in [-0.1, -0.05) is 54.2 Å². The lowest BCUT2D eigenvalue weighted by atomic mass is 10.2. The second-order valence-corrected chi connectivity index (χ2v) is 10.1. The van der Waals surface area contributed by atoms with Crippen molar-refractivity contribution >= 4 is 35.0 Å². The summed E-state index contributed by atoms with van der Waals surface area (Å²) in [5, 5.41) is 12.6. The van der Waals surface area contributed by atoms with Crippen LogP contribution in [0.2, 0.25) is 0 Å². The minimum absolute atomic E-state index is 0.0539. The Morgan fingerprint density at radius 1 is 1.03 bits per heavy atom. The molecule has 2 aliphatic heterocycles. The minimum atomic E-state index is -0.236. The SMILES string of the molecule is CC1CC(=O)Nc2ccccc2N1C(=O)CSc1nnc(CN2CCCC2)n1Cc1ccccc1. The summed E-state index contributed by atoms with van der Waals surface area (Å²) in [6, 6.07) is 17.5. The summed E-state index contributed by atoms with van der Waals surface area (Å²) >= 11 is 1.41. The second kappa shape index (κ2) is 10.6. The first-order chi connectivity index (χ1) is 17.1. The first kappa shape index (κ1) is 23.6. The number of thioether (sulfide) groups is 1. The molecule has 9 heteroatoms. The van der Waals surface area contributed by atoms with Crippen molar-refractivity contribution in [2.24, 2.45) is 0 Å². The van der Waals surface area contributed by atoms with Gasteiger partial charge in [-0.05, 0) is 50.6 Å². The van der Waals surface area contributed by atoms with E-state index < -0.39 is 0 Å². The fraction of sp³-hybridized carbons (Fsp3) is 0.385. The average Bonchev–Trinajstić information content (AvgIpc) is 3.47. The highest BCUT2D eigenvalue weighted by molar-refractivity contribution is 7.99. The molecule has 0 saturated carbocycles. The van der Waals surface area contributed by atoms with E-state index in [1.165, 1.54) is 30.2 Å². The summed E-state index contributed by atoms with van der Waals surface area (Å²) < 4.78 is 2.14. The van der Waals surface area contributed by atoms with Gasteiger partial charge in [0.1, 0.15) is 5.82 Å². The Morgan fingerprint density at radius 2 is 1.77 bits per heavy atom. The summed E-state index contributed by atoms with van der Waals surface area (Å²) in [4.78, 5) is 29.9. The molecule has 3 aromatic rings. The molecule has 2 amide bonds. The van der Waals surface area contributed by atoms with Crippen LogP contribution in [0, 0.1) is 0 Å². The number of aromatic nitrogens is 3. The molecular weight excluding hydrogens is 460 g/mol. The fourth-order valence-corrected chi connectivity index (χ4v) is 5.59. The molecule has 5 rings (SSSR count). The Labute approximate surface area is 209 Å². The smallest absolute Gasteiger partial charge is 0.237 e. The molecule has 0 radical (unpaired) electrons. The van der Waals surface area contributed by atoms with Gasteiger partial charge in [0.2, 0.25) is 11.8 Å². The molecule has 3 heterocycles. The molecule has 35 heavy (non-hydrogen) atoms. The molecular formula is C26H30N6O2S. The predicted molar refractivity (Wildman–Crippen MR) is 137 cm³/mol. The quantitative estimate of drug-likeness (QED) is 0.508. The number of nitrogens with one attached hydrogen (secondary N) is 1. The number of hydrogen-bond acceptors (Lipinski definition) is 6. The van der Waals surface area contributed by atoms with E-state index in [2.05, 4.69) is 37.1 Å². The number of para-hydroxylation sites is 2. The second-order valence-electron chi connectivity index (χ2n) is 9.12. The van der Waals surface area contributed by atoms with Crippen LogP contribution < -0.4 is 10.2 Å². The molecule has 8 nitrogen and oxygen atoms in total. The molecule has 1 fully saturated rings. The van der Waals surface area contributed by atoms with Crippen molar-refractivity contribution in [3.8, 4) is 0 Å². The van der Waals surface area contributed by atoms with Crippen molar-refractivity contribution in [1.29, 1.82) is 0 Å². The number of carbonyl (C=O) groups is 2. The summed E-state index contributed by atoms with van der Waals surface area (Å²) in [5.41, 5.74) is 2.57. The van der Waals surface area contributed by atoms with Crippen LogP contribution in [0.4, 0.5) is 11.4 Å². The zero-order valence-electron chi connectivity index (χ0n) is 19.9. The summed E-state index contributed by atoms with van der Waals surface area (Å²) in [6.07, 6.45) is 2.70. The minimum Gasteiger partial charge on any atom is -0.324 e. The van der Waals surface area contributed by atoms with Crippen LogP contribution >= 0.6 is 11.8 Å². The van der Waals surface area contributed by atoms with Gasteiger partial charge in [0.05, 0.1) is 30.2 Å². The average molecular weight is 491 g/mol. The van der Waals surface area contributed by atoms with E-state index in [-0.39, 0.29) is 30.0 Å². The van der Waals surface area contributed by atoms with Gasteiger partial charge in [-0.15, -0.1) is 10.2 Å². The van der Waals surface area contributed by atoms with Gasteiger partial charge >= 0.3 is 0 Å². The van der Waals surface area contributed by atoms with Crippen LogP contribution in [-0.2, 0) is 22.7 Å². The Hall–Kier alpha value is -3.17.